The molecule has 114 valence electrons. The van der Waals surface area contributed by atoms with Gasteiger partial charge in [-0.15, -0.1) is 0 Å². The predicted molar refractivity (Wildman–Crippen MR) is 74.2 cm³/mol. The van der Waals surface area contributed by atoms with Crippen molar-refractivity contribution in [2.45, 2.75) is 12.5 Å². The maximum Gasteiger partial charge on any atom is 0.246 e. The van der Waals surface area contributed by atoms with Gasteiger partial charge in [-0.05, 0) is 24.1 Å². The molecule has 0 aliphatic carbocycles. The van der Waals surface area contributed by atoms with Gasteiger partial charge in [-0.25, -0.2) is 0 Å². The van der Waals surface area contributed by atoms with Gasteiger partial charge in [0.1, 0.15) is 13.2 Å². The smallest absolute Gasteiger partial charge is 0.246 e. The first-order chi connectivity index (χ1) is 10.1. The molecule has 0 saturated carbocycles. The molecule has 1 aliphatic heterocycles. The van der Waals surface area contributed by atoms with Crippen LogP contribution in [0.15, 0.2) is 24.5 Å². The van der Waals surface area contributed by atoms with Gasteiger partial charge in [0.2, 0.25) is 11.8 Å². The highest BCUT2D eigenvalue weighted by molar-refractivity contribution is 5.79. The SMILES string of the molecule is NC(=O)COCC(=O)N[C@@H]1COC[C@H]1Cc1ccncc1. The van der Waals surface area contributed by atoms with Gasteiger partial charge in [0, 0.05) is 18.3 Å². The van der Waals surface area contributed by atoms with Crippen molar-refractivity contribution in [1.82, 2.24) is 10.3 Å². The van der Waals surface area contributed by atoms with Crippen LogP contribution in [0.3, 0.4) is 0 Å². The molecule has 0 aromatic carbocycles. The number of nitrogens with one attached hydrogen (secondary N) is 1. The Hall–Kier alpha value is -1.99. The van der Waals surface area contributed by atoms with E-state index in [4.69, 9.17) is 15.2 Å². The molecule has 0 radical (unpaired) electrons. The van der Waals surface area contributed by atoms with Crippen molar-refractivity contribution in [3.8, 4) is 0 Å². The molecule has 2 amide bonds. The largest absolute Gasteiger partial charge is 0.379 e. The van der Waals surface area contributed by atoms with E-state index in [2.05, 4.69) is 10.3 Å². The summed E-state index contributed by atoms with van der Waals surface area (Å²) in [5, 5.41) is 2.87. The van der Waals surface area contributed by atoms with Crippen LogP contribution < -0.4 is 11.1 Å². The maximum absolute atomic E-state index is 11.7. The van der Waals surface area contributed by atoms with Gasteiger partial charge in [-0.1, -0.05) is 0 Å². The number of carbonyl (C=O) groups excluding carboxylic acids is 2. The second-order valence-electron chi connectivity index (χ2n) is 4.99. The van der Waals surface area contributed by atoms with Gasteiger partial charge in [0.05, 0.1) is 19.3 Å². The molecule has 1 aromatic heterocycles. The number of carbonyl (C=O) groups is 2. The number of rotatable bonds is 7. The Morgan fingerprint density at radius 3 is 2.81 bits per heavy atom. The lowest BCUT2D eigenvalue weighted by molar-refractivity contribution is -0.130. The Balaban J connectivity index is 1.79. The van der Waals surface area contributed by atoms with Crippen molar-refractivity contribution in [3.05, 3.63) is 30.1 Å². The molecule has 1 aromatic rings. The minimum absolute atomic E-state index is 0.0529. The topological polar surface area (TPSA) is 104 Å². The number of pyridine rings is 1. The first-order valence-electron chi connectivity index (χ1n) is 6.77. The number of amides is 2. The van der Waals surface area contributed by atoms with Gasteiger partial charge in [0.15, 0.2) is 0 Å². The van der Waals surface area contributed by atoms with Crippen LogP contribution in [0.5, 0.6) is 0 Å². The highest BCUT2D eigenvalue weighted by Gasteiger charge is 2.29. The van der Waals surface area contributed by atoms with Crippen LogP contribution in [0.2, 0.25) is 0 Å². The molecule has 2 heterocycles. The molecule has 21 heavy (non-hydrogen) atoms. The van der Waals surface area contributed by atoms with E-state index >= 15 is 0 Å². The summed E-state index contributed by atoms with van der Waals surface area (Å²) in [4.78, 5) is 26.2. The lowest BCUT2D eigenvalue weighted by Crippen LogP contribution is -2.42. The van der Waals surface area contributed by atoms with Crippen molar-refractivity contribution in [2.24, 2.45) is 11.7 Å². The van der Waals surface area contributed by atoms with Gasteiger partial charge < -0.3 is 20.5 Å². The molecule has 0 spiro atoms. The molecule has 3 N–H and O–H groups in total. The second kappa shape index (κ2) is 7.70. The number of aromatic nitrogens is 1. The van der Waals surface area contributed by atoms with Crippen molar-refractivity contribution >= 4 is 11.8 Å². The lowest BCUT2D eigenvalue weighted by atomic mass is 9.95. The van der Waals surface area contributed by atoms with Crippen molar-refractivity contribution in [2.75, 3.05) is 26.4 Å². The van der Waals surface area contributed by atoms with Crippen molar-refractivity contribution in [1.29, 1.82) is 0 Å². The Kier molecular flexibility index (Phi) is 5.65. The van der Waals surface area contributed by atoms with Gasteiger partial charge >= 0.3 is 0 Å². The highest BCUT2D eigenvalue weighted by Crippen LogP contribution is 2.18. The molecule has 1 saturated heterocycles. The average Bonchev–Trinajstić information content (AvgIpc) is 2.86. The minimum Gasteiger partial charge on any atom is -0.379 e. The van der Waals surface area contributed by atoms with Crippen LogP contribution in [0.4, 0.5) is 0 Å². The molecular weight excluding hydrogens is 274 g/mol. The average molecular weight is 293 g/mol. The number of nitrogens with two attached hydrogens (primary N) is 1. The summed E-state index contributed by atoms with van der Waals surface area (Å²) in [7, 11) is 0. The van der Waals surface area contributed by atoms with Gasteiger partial charge in [-0.3, -0.25) is 14.6 Å². The van der Waals surface area contributed by atoms with E-state index < -0.39 is 5.91 Å². The minimum atomic E-state index is -0.595. The summed E-state index contributed by atoms with van der Waals surface area (Å²) in [5.74, 6) is -0.651. The van der Waals surface area contributed by atoms with Crippen LogP contribution in [0, 0.1) is 5.92 Å². The molecule has 7 heteroatoms. The zero-order chi connectivity index (χ0) is 15.1. The summed E-state index contributed by atoms with van der Waals surface area (Å²) in [6, 6.07) is 3.85. The predicted octanol–water partition coefficient (Wildman–Crippen LogP) is -0.743. The molecule has 1 aliphatic rings. The summed E-state index contributed by atoms with van der Waals surface area (Å²) < 4.78 is 10.3. The second-order valence-corrected chi connectivity index (χ2v) is 4.99. The monoisotopic (exact) mass is 293 g/mol. The van der Waals surface area contributed by atoms with Gasteiger partial charge in [0.25, 0.3) is 0 Å². The summed E-state index contributed by atoms with van der Waals surface area (Å²) >= 11 is 0. The fraction of sp³-hybridized carbons (Fsp3) is 0.500. The molecule has 2 atom stereocenters. The molecule has 0 bridgehead atoms. The fourth-order valence-electron chi connectivity index (χ4n) is 2.27. The Bertz CT molecular complexity index is 480. The number of hydrogen-bond donors (Lipinski definition) is 2. The fourth-order valence-corrected chi connectivity index (χ4v) is 2.27. The third-order valence-corrected chi connectivity index (χ3v) is 3.27. The maximum atomic E-state index is 11.7. The van der Waals surface area contributed by atoms with E-state index in [-0.39, 0.29) is 31.1 Å². The molecular formula is C14H19N3O4. The zero-order valence-electron chi connectivity index (χ0n) is 11.7. The number of primary amides is 1. The van der Waals surface area contributed by atoms with E-state index in [1.807, 2.05) is 12.1 Å². The third kappa shape index (κ3) is 5.13. The van der Waals surface area contributed by atoms with Crippen LogP contribution in [-0.4, -0.2) is 49.3 Å². The first kappa shape index (κ1) is 15.4. The first-order valence-corrected chi connectivity index (χ1v) is 6.77. The van der Waals surface area contributed by atoms with Crippen LogP contribution in [0.25, 0.3) is 0 Å². The molecule has 1 fully saturated rings. The standard InChI is InChI=1S/C14H19N3O4/c15-13(18)8-21-9-14(19)17-12-7-20-6-11(12)5-10-1-3-16-4-2-10/h1-4,11-12H,5-9H2,(H2,15,18)(H,17,19)/t11-,12-/m1/s1. The summed E-state index contributed by atoms with van der Waals surface area (Å²) in [5.41, 5.74) is 6.09. The van der Waals surface area contributed by atoms with E-state index in [1.165, 1.54) is 0 Å². The Labute approximate surface area is 122 Å². The number of hydrogen-bond acceptors (Lipinski definition) is 5. The van der Waals surface area contributed by atoms with Crippen LogP contribution in [-0.2, 0) is 25.5 Å². The van der Waals surface area contributed by atoms with Crippen molar-refractivity contribution in [3.63, 3.8) is 0 Å². The van der Waals surface area contributed by atoms with Crippen LogP contribution in [0.1, 0.15) is 5.56 Å². The van der Waals surface area contributed by atoms with E-state index in [0.29, 0.717) is 13.2 Å². The zero-order valence-corrected chi connectivity index (χ0v) is 11.7. The summed E-state index contributed by atoms with van der Waals surface area (Å²) in [6.07, 6.45) is 4.31. The highest BCUT2D eigenvalue weighted by atomic mass is 16.5. The van der Waals surface area contributed by atoms with E-state index in [9.17, 15) is 9.59 Å². The lowest BCUT2D eigenvalue weighted by Gasteiger charge is -2.19. The van der Waals surface area contributed by atoms with Gasteiger partial charge in [-0.2, -0.15) is 0 Å². The van der Waals surface area contributed by atoms with E-state index in [1.54, 1.807) is 12.4 Å². The van der Waals surface area contributed by atoms with Crippen LogP contribution >= 0.6 is 0 Å². The molecule has 0 unspecified atom stereocenters. The number of nitrogens with zero attached hydrogens (tertiary/aromatic N) is 1. The number of ether oxygens (including phenoxy) is 2. The third-order valence-electron chi connectivity index (χ3n) is 3.27. The normalized spacial score (nSPS) is 21.1. The summed E-state index contributed by atoms with van der Waals surface area (Å²) in [6.45, 7) is 0.656. The Morgan fingerprint density at radius 1 is 1.33 bits per heavy atom. The van der Waals surface area contributed by atoms with E-state index in [0.717, 1.165) is 12.0 Å². The molecule has 2 rings (SSSR count). The molecule has 7 nitrogen and oxygen atoms in total. The Morgan fingerprint density at radius 2 is 2.10 bits per heavy atom. The quantitative estimate of drug-likeness (QED) is 0.689. The van der Waals surface area contributed by atoms with Crippen molar-refractivity contribution < 1.29 is 19.1 Å².